The van der Waals surface area contributed by atoms with Gasteiger partial charge in [0.2, 0.25) is 0 Å². The highest BCUT2D eigenvalue weighted by Gasteiger charge is 2.16. The zero-order chi connectivity index (χ0) is 15.8. The smallest absolute Gasteiger partial charge is 0.344 e. The molecule has 23 heavy (non-hydrogen) atoms. The molecule has 4 nitrogen and oxygen atoms in total. The number of aryl methyl sites for hydroxylation is 1. The highest BCUT2D eigenvalue weighted by Crippen LogP contribution is 2.27. The maximum atomic E-state index is 12.3. The minimum atomic E-state index is -0.324. The first-order valence-electron chi connectivity index (χ1n) is 7.92. The van der Waals surface area contributed by atoms with E-state index in [0.717, 1.165) is 42.4 Å². The Hall–Kier alpha value is -2.33. The Morgan fingerprint density at radius 1 is 1.00 bits per heavy atom. The van der Waals surface area contributed by atoms with E-state index >= 15 is 0 Å². The van der Waals surface area contributed by atoms with E-state index < -0.39 is 0 Å². The maximum Gasteiger partial charge on any atom is 0.344 e. The average molecular weight is 310 g/mol. The molecule has 0 bridgehead atoms. The largest absolute Gasteiger partial charge is 0.490 e. The van der Waals surface area contributed by atoms with Crippen LogP contribution in [0.4, 0.5) is 0 Å². The molecule has 0 atom stereocenters. The second kappa shape index (κ2) is 5.70. The summed E-state index contributed by atoms with van der Waals surface area (Å²) < 4.78 is 16.8. The van der Waals surface area contributed by atoms with Gasteiger partial charge in [0.15, 0.2) is 0 Å². The minimum absolute atomic E-state index is 0.149. The first-order valence-corrected chi connectivity index (χ1v) is 7.92. The molecule has 4 rings (SSSR count). The van der Waals surface area contributed by atoms with Crippen LogP contribution in [-0.2, 0) is 4.74 Å². The van der Waals surface area contributed by atoms with E-state index in [2.05, 4.69) is 0 Å². The summed E-state index contributed by atoms with van der Waals surface area (Å²) >= 11 is 0. The van der Waals surface area contributed by atoms with Crippen molar-refractivity contribution in [3.63, 3.8) is 0 Å². The molecule has 3 aromatic rings. The molecule has 1 aliphatic rings. The van der Waals surface area contributed by atoms with Crippen LogP contribution in [0.5, 0.6) is 5.75 Å². The first-order chi connectivity index (χ1) is 11.2. The average Bonchev–Trinajstić information content (AvgIpc) is 2.56. The fourth-order valence-electron chi connectivity index (χ4n) is 3.08. The highest BCUT2D eigenvalue weighted by atomic mass is 16.5. The van der Waals surface area contributed by atoms with Gasteiger partial charge in [-0.3, -0.25) is 0 Å². The van der Waals surface area contributed by atoms with E-state index in [4.69, 9.17) is 13.9 Å². The van der Waals surface area contributed by atoms with Crippen molar-refractivity contribution in [3.8, 4) is 5.75 Å². The lowest BCUT2D eigenvalue weighted by molar-refractivity contribution is 0.0256. The number of hydrogen-bond acceptors (Lipinski definition) is 4. The fourth-order valence-corrected chi connectivity index (χ4v) is 3.08. The third kappa shape index (κ3) is 2.70. The first kappa shape index (κ1) is 14.3. The second-order valence-electron chi connectivity index (χ2n) is 6.03. The molecular weight excluding hydrogens is 292 g/mol. The van der Waals surface area contributed by atoms with E-state index in [1.807, 2.05) is 37.3 Å². The standard InChI is InChI=1S/C19H18O4/c1-12-2-4-16-15-5-3-14(22-13-6-8-21-9-7-13)11-17(15)19(20)23-18(16)10-12/h2-5,10-11,13H,6-9H2,1H3. The van der Waals surface area contributed by atoms with Crippen molar-refractivity contribution in [1.29, 1.82) is 0 Å². The predicted molar refractivity (Wildman–Crippen MR) is 89.2 cm³/mol. The SMILES string of the molecule is Cc1ccc2c(c1)oc(=O)c1cc(OC3CCOCC3)ccc12. The van der Waals surface area contributed by atoms with Crippen molar-refractivity contribution in [2.45, 2.75) is 25.9 Å². The lowest BCUT2D eigenvalue weighted by Gasteiger charge is -2.23. The van der Waals surface area contributed by atoms with Crippen LogP contribution in [0, 0.1) is 6.92 Å². The van der Waals surface area contributed by atoms with E-state index in [0.29, 0.717) is 16.7 Å². The van der Waals surface area contributed by atoms with Crippen LogP contribution >= 0.6 is 0 Å². The minimum Gasteiger partial charge on any atom is -0.490 e. The van der Waals surface area contributed by atoms with Crippen LogP contribution in [0.25, 0.3) is 21.7 Å². The van der Waals surface area contributed by atoms with Crippen molar-refractivity contribution in [1.82, 2.24) is 0 Å². The molecule has 0 aliphatic carbocycles. The van der Waals surface area contributed by atoms with Gasteiger partial charge in [-0.2, -0.15) is 0 Å². The Bertz CT molecular complexity index is 920. The van der Waals surface area contributed by atoms with Gasteiger partial charge in [0.05, 0.1) is 18.6 Å². The number of ether oxygens (including phenoxy) is 2. The molecule has 0 unspecified atom stereocenters. The van der Waals surface area contributed by atoms with Gasteiger partial charge in [0.1, 0.15) is 17.4 Å². The summed E-state index contributed by atoms with van der Waals surface area (Å²) in [6.07, 6.45) is 1.91. The molecule has 2 heterocycles. The number of rotatable bonds is 2. The van der Waals surface area contributed by atoms with Crippen LogP contribution < -0.4 is 10.4 Å². The summed E-state index contributed by atoms with van der Waals surface area (Å²) in [5.41, 5.74) is 1.37. The maximum absolute atomic E-state index is 12.3. The molecule has 1 saturated heterocycles. The van der Waals surface area contributed by atoms with E-state index in [1.165, 1.54) is 0 Å². The van der Waals surface area contributed by atoms with Gasteiger partial charge < -0.3 is 13.9 Å². The van der Waals surface area contributed by atoms with Crippen LogP contribution in [-0.4, -0.2) is 19.3 Å². The van der Waals surface area contributed by atoms with E-state index in [-0.39, 0.29) is 11.7 Å². The summed E-state index contributed by atoms with van der Waals surface area (Å²) in [6.45, 7) is 3.43. The van der Waals surface area contributed by atoms with Crippen molar-refractivity contribution < 1.29 is 13.9 Å². The van der Waals surface area contributed by atoms with Gasteiger partial charge in [0, 0.05) is 23.6 Å². The van der Waals surface area contributed by atoms with Crippen LogP contribution in [0.2, 0.25) is 0 Å². The Morgan fingerprint density at radius 2 is 1.78 bits per heavy atom. The third-order valence-electron chi connectivity index (χ3n) is 4.31. The molecular formula is C19H18O4. The van der Waals surface area contributed by atoms with E-state index in [1.54, 1.807) is 6.07 Å². The topological polar surface area (TPSA) is 48.7 Å². The van der Waals surface area contributed by atoms with Crippen LogP contribution in [0.15, 0.2) is 45.6 Å². The van der Waals surface area contributed by atoms with Gasteiger partial charge in [-0.15, -0.1) is 0 Å². The van der Waals surface area contributed by atoms with Crippen molar-refractivity contribution in [2.75, 3.05) is 13.2 Å². The predicted octanol–water partition coefficient (Wildman–Crippen LogP) is 3.81. The molecule has 2 aromatic carbocycles. The second-order valence-corrected chi connectivity index (χ2v) is 6.03. The van der Waals surface area contributed by atoms with Gasteiger partial charge in [-0.25, -0.2) is 4.79 Å². The number of benzene rings is 2. The number of hydrogen-bond donors (Lipinski definition) is 0. The summed E-state index contributed by atoms with van der Waals surface area (Å²) in [5.74, 6) is 0.711. The Balaban J connectivity index is 1.79. The zero-order valence-electron chi connectivity index (χ0n) is 13.0. The van der Waals surface area contributed by atoms with Crippen molar-refractivity contribution in [3.05, 3.63) is 52.4 Å². The summed E-state index contributed by atoms with van der Waals surface area (Å²) in [4.78, 5) is 12.3. The molecule has 0 radical (unpaired) electrons. The summed E-state index contributed by atoms with van der Waals surface area (Å²) in [7, 11) is 0. The number of fused-ring (bicyclic) bond motifs is 3. The quantitative estimate of drug-likeness (QED) is 0.533. The van der Waals surface area contributed by atoms with Crippen LogP contribution in [0.1, 0.15) is 18.4 Å². The molecule has 1 fully saturated rings. The summed E-state index contributed by atoms with van der Waals surface area (Å²) in [5, 5.41) is 2.41. The molecule has 1 aromatic heterocycles. The molecule has 0 saturated carbocycles. The van der Waals surface area contributed by atoms with Gasteiger partial charge >= 0.3 is 5.63 Å². The van der Waals surface area contributed by atoms with Crippen LogP contribution in [0.3, 0.4) is 0 Å². The Morgan fingerprint density at radius 3 is 2.61 bits per heavy atom. The van der Waals surface area contributed by atoms with E-state index in [9.17, 15) is 4.79 Å². The van der Waals surface area contributed by atoms with Crippen molar-refractivity contribution in [2.24, 2.45) is 0 Å². The molecule has 0 N–H and O–H groups in total. The Kier molecular flexibility index (Phi) is 3.54. The van der Waals surface area contributed by atoms with Gasteiger partial charge in [-0.1, -0.05) is 12.1 Å². The van der Waals surface area contributed by atoms with Gasteiger partial charge in [-0.05, 0) is 36.8 Å². The monoisotopic (exact) mass is 310 g/mol. The molecule has 4 heteroatoms. The van der Waals surface area contributed by atoms with Gasteiger partial charge in [0.25, 0.3) is 0 Å². The highest BCUT2D eigenvalue weighted by molar-refractivity contribution is 6.04. The lowest BCUT2D eigenvalue weighted by atomic mass is 10.1. The molecule has 118 valence electrons. The molecule has 0 spiro atoms. The third-order valence-corrected chi connectivity index (χ3v) is 4.31. The Labute approximate surface area is 133 Å². The van der Waals surface area contributed by atoms with Crippen molar-refractivity contribution >= 4 is 21.7 Å². The normalized spacial score (nSPS) is 16.0. The fraction of sp³-hybridized carbons (Fsp3) is 0.316. The zero-order valence-corrected chi connectivity index (χ0v) is 13.0. The molecule has 0 amide bonds. The summed E-state index contributed by atoms with van der Waals surface area (Å²) in [6, 6.07) is 11.6. The lowest BCUT2D eigenvalue weighted by Crippen LogP contribution is -2.25. The molecule has 1 aliphatic heterocycles.